The zero-order valence-electron chi connectivity index (χ0n) is 32.0. The van der Waals surface area contributed by atoms with E-state index in [9.17, 15) is 25.9 Å². The van der Waals surface area contributed by atoms with Gasteiger partial charge in [-0.05, 0) is 132 Å². The highest BCUT2D eigenvalue weighted by molar-refractivity contribution is 7.86. The lowest BCUT2D eigenvalue weighted by atomic mass is 9.90. The standard InChI is InChI=1S/C45H45N2O7PS2/c1-4-47(31-33-9-7-11-43(29-33)56(48,49)50)40-23-15-36(16-24-40)45(35-13-19-38(20-14-35)46-39-21-25-41(26-22-39)54-5-2)37-17-27-42(28-18-37)55(6-3)32-34-10-8-12-44(30-34)57(51,52)53/h7-30H,4-6,31-32H2,1-3H3,(H2,48,49,50,51,52,53)/p+1. The molecule has 0 amide bonds. The summed E-state index contributed by atoms with van der Waals surface area (Å²) in [6, 6.07) is 37.7. The number of benzene rings is 5. The lowest BCUT2D eigenvalue weighted by Gasteiger charge is -2.19. The minimum atomic E-state index is -4.31. The maximum Gasteiger partial charge on any atom is 0.294 e. The molecule has 3 N–H and O–H groups in total. The van der Waals surface area contributed by atoms with Gasteiger partial charge in [0.1, 0.15) is 12.3 Å². The van der Waals surface area contributed by atoms with Crippen LogP contribution in [0.1, 0.15) is 43.0 Å². The van der Waals surface area contributed by atoms with Crippen molar-refractivity contribution in [2.24, 2.45) is 0 Å². The molecule has 294 valence electrons. The summed E-state index contributed by atoms with van der Waals surface area (Å²) in [5.74, 6) is 0.820. The first-order valence-corrected chi connectivity index (χ1v) is 23.2. The van der Waals surface area contributed by atoms with E-state index in [-0.39, 0.29) is 9.79 Å². The molecule has 1 aliphatic carbocycles. The summed E-state index contributed by atoms with van der Waals surface area (Å²) in [7, 11) is -9.25. The molecule has 5 aromatic carbocycles. The Bertz CT molecular complexity index is 2550. The fourth-order valence-electron chi connectivity index (χ4n) is 6.69. The van der Waals surface area contributed by atoms with E-state index < -0.39 is 28.2 Å². The summed E-state index contributed by atoms with van der Waals surface area (Å²) in [5.41, 5.74) is 8.61. The number of anilines is 2. The minimum Gasteiger partial charge on any atom is -0.494 e. The largest absolute Gasteiger partial charge is 0.494 e. The van der Waals surface area contributed by atoms with Crippen molar-refractivity contribution in [3.63, 3.8) is 0 Å². The molecule has 0 radical (unpaired) electrons. The van der Waals surface area contributed by atoms with Crippen LogP contribution in [0.3, 0.4) is 0 Å². The van der Waals surface area contributed by atoms with Gasteiger partial charge >= 0.3 is 0 Å². The van der Waals surface area contributed by atoms with Crippen LogP contribution < -0.4 is 15.4 Å². The van der Waals surface area contributed by atoms with Crippen molar-refractivity contribution < 1.29 is 35.3 Å². The quantitative estimate of drug-likeness (QED) is 0.0541. The number of ether oxygens (including phenoxy) is 1. The fourth-order valence-corrected chi connectivity index (χ4v) is 9.77. The van der Waals surface area contributed by atoms with Gasteiger partial charge < -0.3 is 10.1 Å². The van der Waals surface area contributed by atoms with Crippen LogP contribution in [0.15, 0.2) is 161 Å². The van der Waals surface area contributed by atoms with Crippen LogP contribution in [0.25, 0.3) is 5.57 Å². The van der Waals surface area contributed by atoms with Crippen LogP contribution in [0.5, 0.6) is 5.75 Å². The van der Waals surface area contributed by atoms with Gasteiger partial charge in [0.25, 0.3) is 20.2 Å². The maximum absolute atomic E-state index is 11.8. The molecule has 0 aromatic heterocycles. The van der Waals surface area contributed by atoms with E-state index >= 15 is 0 Å². The van der Waals surface area contributed by atoms with Gasteiger partial charge in [0.05, 0.1) is 16.4 Å². The normalized spacial score (nSPS) is 13.4. The topological polar surface area (TPSA) is 133 Å². The third-order valence-corrected chi connectivity index (χ3v) is 13.8. The van der Waals surface area contributed by atoms with Gasteiger partial charge in [-0.3, -0.25) is 9.11 Å². The Balaban J connectivity index is 1.32. The van der Waals surface area contributed by atoms with E-state index in [1.54, 1.807) is 18.2 Å². The van der Waals surface area contributed by atoms with Gasteiger partial charge in [0, 0.05) is 29.1 Å². The van der Waals surface area contributed by atoms with Crippen LogP contribution in [0.4, 0.5) is 11.4 Å². The number of allylic oxidation sites excluding steroid dienone is 5. The molecule has 9 nitrogen and oxygen atoms in total. The summed E-state index contributed by atoms with van der Waals surface area (Å²) >= 11 is 0. The summed E-state index contributed by atoms with van der Waals surface area (Å²) in [5, 5.41) is 4.66. The Morgan fingerprint density at radius 1 is 0.667 bits per heavy atom. The van der Waals surface area contributed by atoms with Crippen molar-refractivity contribution >= 4 is 56.1 Å². The predicted molar refractivity (Wildman–Crippen MR) is 231 cm³/mol. The molecule has 0 bridgehead atoms. The molecule has 0 saturated carbocycles. The first-order valence-electron chi connectivity index (χ1n) is 18.7. The molecule has 1 aliphatic rings. The van der Waals surface area contributed by atoms with Gasteiger partial charge in [-0.25, -0.2) is 4.58 Å². The van der Waals surface area contributed by atoms with E-state index in [0.717, 1.165) is 62.4 Å². The number of hydrogen-bond donors (Lipinski definition) is 3. The summed E-state index contributed by atoms with van der Waals surface area (Å²) in [4.78, 5) is -0.226. The monoisotopic (exact) mass is 821 g/mol. The van der Waals surface area contributed by atoms with E-state index in [1.165, 1.54) is 23.5 Å². The third kappa shape index (κ3) is 10.8. The fraction of sp³-hybridized carbons (Fsp3) is 0.178. The molecule has 57 heavy (non-hydrogen) atoms. The molecule has 1 atom stereocenters. The molecule has 5 aromatic rings. The molecule has 0 aliphatic heterocycles. The Hall–Kier alpha value is -5.16. The number of rotatable bonds is 15. The summed E-state index contributed by atoms with van der Waals surface area (Å²) < 4.78 is 74.0. The first kappa shape index (κ1) is 41.5. The second kappa shape index (κ2) is 18.4. The lowest BCUT2D eigenvalue weighted by Crippen LogP contribution is -2.19. The van der Waals surface area contributed by atoms with Crippen molar-refractivity contribution in [1.29, 1.82) is 0 Å². The zero-order chi connectivity index (χ0) is 40.6. The minimum absolute atomic E-state index is 0.0965. The van der Waals surface area contributed by atoms with Crippen molar-refractivity contribution in [2.75, 3.05) is 24.6 Å². The molecular weight excluding hydrogens is 776 g/mol. The maximum atomic E-state index is 11.8. The zero-order valence-corrected chi connectivity index (χ0v) is 34.6. The SMILES string of the molecule is CCOc1ccc(Nc2ccc(C(=C3C=CC(=[N+](CC)Cc4cccc(S(=O)(=O)O)c4)C=C3)c3ccc(P(CC)Cc4cccc(S(=O)(=O)O)c4)cc3)cc2)cc1. The first-order chi connectivity index (χ1) is 27.3. The molecule has 1 unspecified atom stereocenters. The molecular formula is C45H46N2O7PS2+. The van der Waals surface area contributed by atoms with Crippen molar-refractivity contribution in [3.8, 4) is 5.75 Å². The van der Waals surface area contributed by atoms with Gasteiger partial charge in [0.2, 0.25) is 0 Å². The van der Waals surface area contributed by atoms with Crippen LogP contribution in [0, 0.1) is 0 Å². The Labute approximate surface area is 337 Å². The Morgan fingerprint density at radius 2 is 1.19 bits per heavy atom. The molecule has 0 saturated heterocycles. The second-order valence-electron chi connectivity index (χ2n) is 13.4. The Kier molecular flexibility index (Phi) is 13.4. The predicted octanol–water partition coefficient (Wildman–Crippen LogP) is 9.25. The lowest BCUT2D eigenvalue weighted by molar-refractivity contribution is -0.539. The summed E-state index contributed by atoms with van der Waals surface area (Å²) in [6.07, 6.45) is 9.92. The van der Waals surface area contributed by atoms with E-state index in [1.807, 2.05) is 50.2 Å². The van der Waals surface area contributed by atoms with Crippen LogP contribution in [0.2, 0.25) is 0 Å². The number of nitrogens with zero attached hydrogens (tertiary/aromatic N) is 1. The smallest absolute Gasteiger partial charge is 0.294 e. The second-order valence-corrected chi connectivity index (χ2v) is 18.8. The van der Waals surface area contributed by atoms with Crippen molar-refractivity contribution in [2.45, 2.75) is 43.3 Å². The van der Waals surface area contributed by atoms with Crippen LogP contribution >= 0.6 is 7.92 Å². The molecule has 12 heteroatoms. The van der Waals surface area contributed by atoms with Gasteiger partial charge in [-0.2, -0.15) is 16.8 Å². The third-order valence-electron chi connectivity index (χ3n) is 9.57. The highest BCUT2D eigenvalue weighted by Gasteiger charge is 2.19. The number of nitrogens with one attached hydrogen (secondary N) is 1. The highest BCUT2D eigenvalue weighted by atomic mass is 32.2. The van der Waals surface area contributed by atoms with Crippen LogP contribution in [-0.2, 0) is 32.9 Å². The molecule has 0 heterocycles. The molecule has 0 spiro atoms. The van der Waals surface area contributed by atoms with Gasteiger partial charge in [-0.15, -0.1) is 0 Å². The van der Waals surface area contributed by atoms with E-state index in [4.69, 9.17) is 4.74 Å². The molecule has 6 rings (SSSR count). The molecule has 0 fully saturated rings. The van der Waals surface area contributed by atoms with Crippen molar-refractivity contribution in [1.82, 2.24) is 0 Å². The summed E-state index contributed by atoms with van der Waals surface area (Å²) in [6.45, 7) is 7.88. The van der Waals surface area contributed by atoms with Gasteiger partial charge in [0.15, 0.2) is 12.3 Å². The highest BCUT2D eigenvalue weighted by Crippen LogP contribution is 2.39. The van der Waals surface area contributed by atoms with E-state index in [2.05, 4.69) is 89.7 Å². The Morgan fingerprint density at radius 3 is 1.72 bits per heavy atom. The average Bonchev–Trinajstić information content (AvgIpc) is 3.21. The van der Waals surface area contributed by atoms with Crippen molar-refractivity contribution in [3.05, 3.63) is 173 Å². The average molecular weight is 822 g/mol. The van der Waals surface area contributed by atoms with Crippen LogP contribution in [-0.4, -0.2) is 55.5 Å². The van der Waals surface area contributed by atoms with Gasteiger partial charge in [-0.1, -0.05) is 75.5 Å². The number of hydrogen-bond acceptors (Lipinski definition) is 6. The van der Waals surface area contributed by atoms with E-state index in [0.29, 0.717) is 25.9 Å².